The first kappa shape index (κ1) is 31.1. The average molecular weight is 602 g/mol. The zero-order valence-corrected chi connectivity index (χ0v) is 23.7. The van der Waals surface area contributed by atoms with Crippen molar-refractivity contribution in [2.75, 3.05) is 18.9 Å². The van der Waals surface area contributed by atoms with Crippen LogP contribution in [-0.2, 0) is 19.8 Å². The number of H-pyrrole nitrogens is 1. The molecule has 0 fully saturated rings. The molecular formula is C26H28Cl2F3N5O4. The third-order valence-electron chi connectivity index (χ3n) is 5.96. The first-order valence-corrected chi connectivity index (χ1v) is 12.9. The molecule has 40 heavy (non-hydrogen) atoms. The Hall–Kier alpha value is -3.48. The number of anilines is 1. The molecule has 9 nitrogen and oxygen atoms in total. The van der Waals surface area contributed by atoms with Crippen molar-refractivity contribution in [2.45, 2.75) is 45.3 Å². The summed E-state index contributed by atoms with van der Waals surface area (Å²) in [6.07, 6.45) is -4.47. The van der Waals surface area contributed by atoms with Gasteiger partial charge in [0.25, 0.3) is 5.91 Å². The topological polar surface area (TPSA) is 117 Å². The number of nitrogens with one attached hydrogen (secondary N) is 4. The van der Waals surface area contributed by atoms with E-state index in [2.05, 4.69) is 30.9 Å². The highest BCUT2D eigenvalue weighted by molar-refractivity contribution is 6.42. The van der Waals surface area contributed by atoms with Gasteiger partial charge in [0.15, 0.2) is 5.75 Å². The van der Waals surface area contributed by atoms with E-state index in [9.17, 15) is 22.8 Å². The van der Waals surface area contributed by atoms with Crippen LogP contribution >= 0.6 is 23.2 Å². The molecule has 1 aromatic heterocycles. The SMILES string of the molecule is CC.CN=C(NOC=O)C(=O)Nc1cc(Cl)c(Oc2ccc3[nH]c4c(c3c2)C(C)(C)CNC4C(F)(F)F)c(Cl)c1. The van der Waals surface area contributed by atoms with Gasteiger partial charge in [0.1, 0.15) is 11.8 Å². The van der Waals surface area contributed by atoms with Crippen LogP contribution in [0.25, 0.3) is 10.9 Å². The first-order valence-electron chi connectivity index (χ1n) is 12.1. The molecule has 3 aromatic rings. The van der Waals surface area contributed by atoms with Crippen molar-refractivity contribution in [1.82, 2.24) is 15.8 Å². The van der Waals surface area contributed by atoms with E-state index in [0.717, 1.165) is 0 Å². The summed E-state index contributed by atoms with van der Waals surface area (Å²) >= 11 is 12.8. The highest BCUT2D eigenvalue weighted by Gasteiger charge is 2.48. The second kappa shape index (κ2) is 12.4. The number of benzene rings is 2. The van der Waals surface area contributed by atoms with Crippen LogP contribution in [0, 0.1) is 0 Å². The third-order valence-corrected chi connectivity index (χ3v) is 6.52. The lowest BCUT2D eigenvalue weighted by atomic mass is 9.78. The molecule has 1 aliphatic rings. The lowest BCUT2D eigenvalue weighted by Crippen LogP contribution is -2.46. The maximum atomic E-state index is 13.7. The fourth-order valence-electron chi connectivity index (χ4n) is 4.34. The van der Waals surface area contributed by atoms with Crippen LogP contribution in [0.2, 0.25) is 10.0 Å². The molecule has 0 saturated carbocycles. The van der Waals surface area contributed by atoms with Gasteiger partial charge in [-0.25, -0.2) is 0 Å². The molecule has 1 aliphatic heterocycles. The van der Waals surface area contributed by atoms with Crippen molar-refractivity contribution in [3.63, 3.8) is 0 Å². The van der Waals surface area contributed by atoms with E-state index in [1.165, 1.54) is 19.2 Å². The van der Waals surface area contributed by atoms with Crippen LogP contribution in [0.3, 0.4) is 0 Å². The van der Waals surface area contributed by atoms with Crippen molar-refractivity contribution in [2.24, 2.45) is 4.99 Å². The number of aliphatic imine (C=N–C) groups is 1. The Morgan fingerprint density at radius 2 is 1.82 bits per heavy atom. The summed E-state index contributed by atoms with van der Waals surface area (Å²) in [7, 11) is 1.31. The van der Waals surface area contributed by atoms with Crippen LogP contribution < -0.4 is 20.9 Å². The van der Waals surface area contributed by atoms with Gasteiger partial charge in [-0.2, -0.15) is 18.7 Å². The summed E-state index contributed by atoms with van der Waals surface area (Å²) < 4.78 is 47.0. The van der Waals surface area contributed by atoms with Crippen molar-refractivity contribution in [3.05, 3.63) is 51.6 Å². The summed E-state index contributed by atoms with van der Waals surface area (Å²) in [5.74, 6) is -0.629. The Morgan fingerprint density at radius 1 is 1.18 bits per heavy atom. The minimum absolute atomic E-state index is 0.0535. The molecule has 2 aromatic carbocycles. The number of nitrogens with zero attached hydrogens (tertiary/aromatic N) is 1. The minimum atomic E-state index is -4.47. The van der Waals surface area contributed by atoms with E-state index in [0.29, 0.717) is 22.2 Å². The Morgan fingerprint density at radius 3 is 2.40 bits per heavy atom. The number of aromatic amines is 1. The molecule has 216 valence electrons. The van der Waals surface area contributed by atoms with Crippen molar-refractivity contribution < 1.29 is 32.3 Å². The number of hydrogen-bond donors (Lipinski definition) is 4. The number of alkyl halides is 3. The molecule has 0 bridgehead atoms. The van der Waals surface area contributed by atoms with Gasteiger partial charge in [0, 0.05) is 41.3 Å². The number of ether oxygens (including phenoxy) is 1. The van der Waals surface area contributed by atoms with E-state index in [1.807, 2.05) is 27.7 Å². The van der Waals surface area contributed by atoms with Gasteiger partial charge in [0.05, 0.1) is 10.0 Å². The molecule has 1 atom stereocenters. The molecule has 1 unspecified atom stereocenters. The molecule has 2 heterocycles. The minimum Gasteiger partial charge on any atom is -0.454 e. The molecule has 4 rings (SSSR count). The number of fused-ring (bicyclic) bond motifs is 3. The zero-order valence-electron chi connectivity index (χ0n) is 22.2. The van der Waals surface area contributed by atoms with Crippen molar-refractivity contribution >= 4 is 58.0 Å². The smallest absolute Gasteiger partial charge is 0.409 e. The number of halogens is 5. The molecule has 1 amide bonds. The second-order valence-corrected chi connectivity index (χ2v) is 9.89. The standard InChI is InChI=1S/C24H22Cl2F3N5O4.C2H6/c1-23(2)9-31-20(24(27,28)29)18-17(23)13-8-12(4-5-16(13)33-18)38-19-14(25)6-11(7-15(19)26)32-22(36)21(30-3)34-37-10-35;1-2/h4-8,10,20,31,33H,9H2,1-3H3,(H,30,34)(H,32,36);1-2H3. The lowest BCUT2D eigenvalue weighted by molar-refractivity contribution is -0.160. The lowest BCUT2D eigenvalue weighted by Gasteiger charge is -2.36. The van der Waals surface area contributed by atoms with Gasteiger partial charge in [-0.05, 0) is 35.9 Å². The van der Waals surface area contributed by atoms with E-state index in [4.69, 9.17) is 27.9 Å². The Kier molecular flexibility index (Phi) is 9.60. The summed E-state index contributed by atoms with van der Waals surface area (Å²) in [5.41, 5.74) is 2.84. The summed E-state index contributed by atoms with van der Waals surface area (Å²) in [4.78, 5) is 33.5. The quantitative estimate of drug-likeness (QED) is 0.116. The molecule has 0 radical (unpaired) electrons. The van der Waals surface area contributed by atoms with Gasteiger partial charge in [-0.3, -0.25) is 14.6 Å². The number of carbonyl (C=O) groups excluding carboxylic acids is 2. The molecule has 0 saturated heterocycles. The highest BCUT2D eigenvalue weighted by atomic mass is 35.5. The van der Waals surface area contributed by atoms with Gasteiger partial charge >= 0.3 is 12.6 Å². The summed E-state index contributed by atoms with van der Waals surface area (Å²) in [6.45, 7) is 7.95. The van der Waals surface area contributed by atoms with E-state index >= 15 is 0 Å². The van der Waals surface area contributed by atoms with Crippen LogP contribution in [-0.4, -0.2) is 43.0 Å². The van der Waals surface area contributed by atoms with Crippen LogP contribution in [0.4, 0.5) is 18.9 Å². The normalized spacial score (nSPS) is 16.4. The molecule has 14 heteroatoms. The summed E-state index contributed by atoms with van der Waals surface area (Å²) in [6, 6.07) is 5.80. The Labute approximate surface area is 238 Å². The molecule has 0 spiro atoms. The highest BCUT2D eigenvalue weighted by Crippen LogP contribution is 2.46. The monoisotopic (exact) mass is 601 g/mol. The summed E-state index contributed by atoms with van der Waals surface area (Å²) in [5, 5.41) is 5.78. The van der Waals surface area contributed by atoms with Gasteiger partial charge in [-0.1, -0.05) is 50.9 Å². The molecule has 0 aliphatic carbocycles. The first-order chi connectivity index (χ1) is 18.9. The predicted molar refractivity (Wildman–Crippen MR) is 148 cm³/mol. The fraction of sp³-hybridized carbons (Fsp3) is 0.346. The fourth-order valence-corrected chi connectivity index (χ4v) is 4.90. The molecular weight excluding hydrogens is 574 g/mol. The maximum absolute atomic E-state index is 13.7. The van der Waals surface area contributed by atoms with Crippen molar-refractivity contribution in [3.8, 4) is 11.5 Å². The zero-order chi connectivity index (χ0) is 29.8. The van der Waals surface area contributed by atoms with Crippen LogP contribution in [0.5, 0.6) is 11.5 Å². The maximum Gasteiger partial charge on any atom is 0.409 e. The van der Waals surface area contributed by atoms with Gasteiger partial charge in [-0.15, -0.1) is 0 Å². The van der Waals surface area contributed by atoms with E-state index in [1.54, 1.807) is 18.2 Å². The largest absolute Gasteiger partial charge is 0.454 e. The number of hydrogen-bond acceptors (Lipinski definition) is 6. The number of carbonyl (C=O) groups is 2. The molecule has 4 N–H and O–H groups in total. The van der Waals surface area contributed by atoms with E-state index in [-0.39, 0.29) is 46.0 Å². The number of rotatable bonds is 5. The third kappa shape index (κ3) is 6.45. The van der Waals surface area contributed by atoms with Crippen LogP contribution in [0.1, 0.15) is 45.0 Å². The van der Waals surface area contributed by atoms with Crippen molar-refractivity contribution in [1.29, 1.82) is 0 Å². The van der Waals surface area contributed by atoms with Crippen LogP contribution in [0.15, 0.2) is 35.3 Å². The second-order valence-electron chi connectivity index (χ2n) is 9.07. The van der Waals surface area contributed by atoms with Gasteiger partial charge < -0.3 is 25.2 Å². The Balaban J connectivity index is 0.00000216. The number of aromatic nitrogens is 1. The predicted octanol–water partition coefficient (Wildman–Crippen LogP) is 6.42. The Bertz CT molecular complexity index is 1420. The number of amidine groups is 1. The average Bonchev–Trinajstić information content (AvgIpc) is 3.27. The van der Waals surface area contributed by atoms with Gasteiger partial charge in [0.2, 0.25) is 5.84 Å². The number of hydroxylamine groups is 1. The number of amides is 1. The van der Waals surface area contributed by atoms with E-state index < -0.39 is 23.5 Å².